The molecule has 2 N–H and O–H groups in total. The van der Waals surface area contributed by atoms with E-state index in [4.69, 9.17) is 5.73 Å². The molecule has 0 unspecified atom stereocenters. The summed E-state index contributed by atoms with van der Waals surface area (Å²) in [6, 6.07) is 0. The van der Waals surface area contributed by atoms with Crippen LogP contribution in [0.2, 0.25) is 0 Å². The van der Waals surface area contributed by atoms with E-state index in [0.717, 1.165) is 24.9 Å². The normalized spacial score (nSPS) is 26.2. The number of nitrogens with two attached hydrogens (primary N) is 1. The second kappa shape index (κ2) is 8.08. The lowest BCUT2D eigenvalue weighted by Crippen LogP contribution is -2.32. The van der Waals surface area contributed by atoms with Crippen LogP contribution in [0, 0.1) is 11.8 Å². The Balaban J connectivity index is 2.11. The fourth-order valence-electron chi connectivity index (χ4n) is 2.95. The molecule has 0 aliphatic heterocycles. The lowest BCUT2D eigenvalue weighted by Gasteiger charge is -2.31. The smallest absolute Gasteiger partial charge is 0.0102 e. The van der Waals surface area contributed by atoms with Crippen LogP contribution in [-0.2, 0) is 0 Å². The fourth-order valence-corrected chi connectivity index (χ4v) is 2.95. The molecule has 16 heavy (non-hydrogen) atoms. The van der Waals surface area contributed by atoms with Crippen LogP contribution in [0.25, 0.3) is 0 Å². The Hall–Kier alpha value is -0.0800. The highest BCUT2D eigenvalue weighted by atomic mass is 15.1. The highest BCUT2D eigenvalue weighted by Crippen LogP contribution is 2.32. The number of hydrogen-bond donors (Lipinski definition) is 1. The van der Waals surface area contributed by atoms with Crippen LogP contribution in [0.4, 0.5) is 0 Å². The number of hydrogen-bond acceptors (Lipinski definition) is 2. The van der Waals surface area contributed by atoms with Crippen molar-refractivity contribution in [2.45, 2.75) is 51.9 Å². The Bertz CT molecular complexity index is 162. The minimum absolute atomic E-state index is 0.794. The van der Waals surface area contributed by atoms with E-state index in [-0.39, 0.29) is 0 Å². The van der Waals surface area contributed by atoms with E-state index in [2.05, 4.69) is 18.9 Å². The molecule has 0 aromatic rings. The summed E-state index contributed by atoms with van der Waals surface area (Å²) >= 11 is 0. The summed E-state index contributed by atoms with van der Waals surface area (Å²) < 4.78 is 0. The zero-order chi connectivity index (χ0) is 11.8. The predicted molar refractivity (Wildman–Crippen MR) is 71.5 cm³/mol. The van der Waals surface area contributed by atoms with Crippen LogP contribution in [0.5, 0.6) is 0 Å². The van der Waals surface area contributed by atoms with Crippen molar-refractivity contribution in [1.29, 1.82) is 0 Å². The number of nitrogens with zero attached hydrogens (tertiary/aromatic N) is 1. The van der Waals surface area contributed by atoms with Gasteiger partial charge in [0.1, 0.15) is 0 Å². The molecule has 96 valence electrons. The van der Waals surface area contributed by atoms with Crippen LogP contribution < -0.4 is 5.73 Å². The van der Waals surface area contributed by atoms with E-state index in [9.17, 15) is 0 Å². The first-order valence-electron chi connectivity index (χ1n) is 7.14. The zero-order valence-corrected chi connectivity index (χ0v) is 11.3. The van der Waals surface area contributed by atoms with Gasteiger partial charge in [0.05, 0.1) is 0 Å². The minimum atomic E-state index is 0.794. The van der Waals surface area contributed by atoms with Gasteiger partial charge in [-0.3, -0.25) is 0 Å². The van der Waals surface area contributed by atoms with Crippen LogP contribution in [0.3, 0.4) is 0 Å². The summed E-state index contributed by atoms with van der Waals surface area (Å²) in [6.07, 6.45) is 10.1. The van der Waals surface area contributed by atoms with Crippen LogP contribution in [-0.4, -0.2) is 31.6 Å². The summed E-state index contributed by atoms with van der Waals surface area (Å²) in [5.74, 6) is 1.98. The molecule has 2 nitrogen and oxygen atoms in total. The molecular formula is C14H30N2. The summed E-state index contributed by atoms with van der Waals surface area (Å²) in [7, 11) is 2.20. The molecule has 0 aromatic carbocycles. The van der Waals surface area contributed by atoms with Gasteiger partial charge >= 0.3 is 0 Å². The van der Waals surface area contributed by atoms with E-state index in [1.807, 2.05) is 0 Å². The zero-order valence-electron chi connectivity index (χ0n) is 11.3. The maximum absolute atomic E-state index is 5.57. The molecular weight excluding hydrogens is 196 g/mol. The highest BCUT2D eigenvalue weighted by Gasteiger charge is 2.21. The van der Waals surface area contributed by atoms with Crippen molar-refractivity contribution in [3.63, 3.8) is 0 Å². The standard InChI is InChI=1S/C14H30N2/c1-3-4-5-13-6-8-14(9-7-13)12-16(2)11-10-15/h13-14H,3-12,15H2,1-2H3. The van der Waals surface area contributed by atoms with Gasteiger partial charge in [0.25, 0.3) is 0 Å². The second-order valence-electron chi connectivity index (χ2n) is 5.58. The molecule has 1 rings (SSSR count). The first kappa shape index (κ1) is 14.0. The molecule has 1 saturated carbocycles. The van der Waals surface area contributed by atoms with Crippen molar-refractivity contribution in [2.75, 3.05) is 26.7 Å². The van der Waals surface area contributed by atoms with Crippen molar-refractivity contribution in [3.8, 4) is 0 Å². The van der Waals surface area contributed by atoms with Gasteiger partial charge in [-0.25, -0.2) is 0 Å². The Morgan fingerprint density at radius 3 is 2.31 bits per heavy atom. The molecule has 1 fully saturated rings. The van der Waals surface area contributed by atoms with Gasteiger partial charge in [-0.2, -0.15) is 0 Å². The van der Waals surface area contributed by atoms with Gasteiger partial charge in [0, 0.05) is 19.6 Å². The lowest BCUT2D eigenvalue weighted by atomic mass is 9.79. The minimum Gasteiger partial charge on any atom is -0.329 e. The number of likely N-dealkylation sites (N-methyl/N-ethyl adjacent to an activating group) is 1. The molecule has 0 bridgehead atoms. The Morgan fingerprint density at radius 2 is 1.75 bits per heavy atom. The van der Waals surface area contributed by atoms with Crippen molar-refractivity contribution >= 4 is 0 Å². The van der Waals surface area contributed by atoms with Crippen molar-refractivity contribution in [2.24, 2.45) is 17.6 Å². The van der Waals surface area contributed by atoms with E-state index in [1.165, 1.54) is 51.5 Å². The third kappa shape index (κ3) is 5.31. The van der Waals surface area contributed by atoms with Crippen LogP contribution in [0.15, 0.2) is 0 Å². The first-order valence-corrected chi connectivity index (χ1v) is 7.14. The summed E-state index contributed by atoms with van der Waals surface area (Å²) in [5.41, 5.74) is 5.57. The maximum atomic E-state index is 5.57. The van der Waals surface area contributed by atoms with Gasteiger partial charge < -0.3 is 10.6 Å². The van der Waals surface area contributed by atoms with E-state index < -0.39 is 0 Å². The Morgan fingerprint density at radius 1 is 1.12 bits per heavy atom. The van der Waals surface area contributed by atoms with Gasteiger partial charge in [-0.15, -0.1) is 0 Å². The quantitative estimate of drug-likeness (QED) is 0.723. The van der Waals surface area contributed by atoms with Crippen molar-refractivity contribution in [3.05, 3.63) is 0 Å². The molecule has 2 heteroatoms. The van der Waals surface area contributed by atoms with E-state index in [1.54, 1.807) is 0 Å². The molecule has 0 atom stereocenters. The van der Waals surface area contributed by atoms with Crippen LogP contribution in [0.1, 0.15) is 51.9 Å². The lowest BCUT2D eigenvalue weighted by molar-refractivity contribution is 0.200. The molecule has 0 radical (unpaired) electrons. The van der Waals surface area contributed by atoms with Crippen molar-refractivity contribution in [1.82, 2.24) is 4.90 Å². The first-order chi connectivity index (χ1) is 7.76. The molecule has 0 aromatic heterocycles. The van der Waals surface area contributed by atoms with Gasteiger partial charge in [0.2, 0.25) is 0 Å². The van der Waals surface area contributed by atoms with Crippen LogP contribution >= 0.6 is 0 Å². The Labute approximate surface area is 102 Å². The fraction of sp³-hybridized carbons (Fsp3) is 1.00. The second-order valence-corrected chi connectivity index (χ2v) is 5.58. The van der Waals surface area contributed by atoms with Gasteiger partial charge in [0.15, 0.2) is 0 Å². The third-order valence-corrected chi connectivity index (χ3v) is 4.01. The monoisotopic (exact) mass is 226 g/mol. The van der Waals surface area contributed by atoms with Gasteiger partial charge in [-0.05, 0) is 31.7 Å². The molecule has 0 saturated heterocycles. The number of unbranched alkanes of at least 4 members (excludes halogenated alkanes) is 1. The SMILES string of the molecule is CCCCC1CCC(CN(C)CCN)CC1. The van der Waals surface area contributed by atoms with Crippen molar-refractivity contribution < 1.29 is 0 Å². The molecule has 1 aliphatic carbocycles. The summed E-state index contributed by atoms with van der Waals surface area (Å²) in [4.78, 5) is 2.40. The van der Waals surface area contributed by atoms with E-state index in [0.29, 0.717) is 0 Å². The highest BCUT2D eigenvalue weighted by molar-refractivity contribution is 4.74. The maximum Gasteiger partial charge on any atom is 0.0102 e. The summed E-state index contributed by atoms with van der Waals surface area (Å²) in [6.45, 7) is 5.41. The molecule has 0 heterocycles. The topological polar surface area (TPSA) is 29.3 Å². The molecule has 1 aliphatic rings. The largest absolute Gasteiger partial charge is 0.329 e. The summed E-state index contributed by atoms with van der Waals surface area (Å²) in [5, 5.41) is 0. The molecule has 0 amide bonds. The average Bonchev–Trinajstić information content (AvgIpc) is 2.28. The van der Waals surface area contributed by atoms with E-state index >= 15 is 0 Å². The molecule has 0 spiro atoms. The Kier molecular flexibility index (Phi) is 7.06. The van der Waals surface area contributed by atoms with Gasteiger partial charge in [-0.1, -0.05) is 39.0 Å². The predicted octanol–water partition coefficient (Wildman–Crippen LogP) is 2.87. The number of rotatable bonds is 7. The third-order valence-electron chi connectivity index (χ3n) is 4.01. The average molecular weight is 226 g/mol.